The third-order valence-electron chi connectivity index (χ3n) is 6.22. The van der Waals surface area contributed by atoms with Crippen molar-refractivity contribution in [3.8, 4) is 11.3 Å². The molecule has 1 fully saturated rings. The number of pyridine rings is 1. The first kappa shape index (κ1) is 24.5. The normalized spacial score (nSPS) is 14.3. The molecule has 0 aliphatic carbocycles. The largest absolute Gasteiger partial charge is 0.324 e. The van der Waals surface area contributed by atoms with Crippen molar-refractivity contribution < 1.29 is 4.79 Å². The Morgan fingerprint density at radius 1 is 0.919 bits per heavy atom. The van der Waals surface area contributed by atoms with E-state index in [2.05, 4.69) is 48.0 Å². The summed E-state index contributed by atoms with van der Waals surface area (Å²) in [6.07, 6.45) is 5.19. The number of carbonyl (C=O) groups is 1. The number of hydrazine groups is 1. The highest BCUT2D eigenvalue weighted by molar-refractivity contribution is 6.04. The Hall–Kier alpha value is -4.18. The number of hydrogen-bond acceptors (Lipinski definition) is 8. The predicted octanol–water partition coefficient (Wildman–Crippen LogP) is 3.79. The Labute approximate surface area is 216 Å². The van der Waals surface area contributed by atoms with Crippen LogP contribution in [0, 0.1) is 0 Å². The molecule has 9 heteroatoms. The molecular weight excluding hydrogens is 464 g/mol. The third kappa shape index (κ3) is 6.73. The molecule has 1 amide bonds. The zero-order valence-corrected chi connectivity index (χ0v) is 20.8. The number of anilines is 3. The maximum atomic E-state index is 12.8. The van der Waals surface area contributed by atoms with Crippen LogP contribution < -0.4 is 16.1 Å². The average Bonchev–Trinajstić information content (AvgIpc) is 2.94. The highest BCUT2D eigenvalue weighted by Gasteiger charge is 2.13. The number of hydrogen-bond donors (Lipinski definition) is 3. The molecular formula is C28H30N8O. The lowest BCUT2D eigenvalue weighted by atomic mass is 10.1. The van der Waals surface area contributed by atoms with Crippen LogP contribution in [0.15, 0.2) is 85.3 Å². The van der Waals surface area contributed by atoms with E-state index in [0.717, 1.165) is 55.2 Å². The van der Waals surface area contributed by atoms with Gasteiger partial charge in [-0.2, -0.15) is 0 Å². The number of benzene rings is 2. The summed E-state index contributed by atoms with van der Waals surface area (Å²) < 4.78 is 0. The second-order valence-electron chi connectivity index (χ2n) is 8.99. The Bertz CT molecular complexity index is 1320. The fraction of sp³-hybridized carbons (Fsp3) is 0.214. The molecule has 1 aliphatic rings. The fourth-order valence-corrected chi connectivity index (χ4v) is 4.04. The first-order chi connectivity index (χ1) is 18.1. The van der Waals surface area contributed by atoms with E-state index in [-0.39, 0.29) is 5.91 Å². The molecule has 0 unspecified atom stereocenters. The van der Waals surface area contributed by atoms with Crippen molar-refractivity contribution >= 4 is 23.2 Å². The number of piperazine rings is 1. The molecule has 9 nitrogen and oxygen atoms in total. The number of nitrogens with zero attached hydrogens (tertiary/aromatic N) is 5. The van der Waals surface area contributed by atoms with Gasteiger partial charge >= 0.3 is 0 Å². The standard InChI is InChI=1S/C28H30N8O/c1-35-14-16-36(17-15-35)31-19-21-7-9-22(10-8-21)27(37)32-24-5-2-6-25(18-24)33-28-30-13-11-26(34-28)23-4-3-12-29-20-23/h2-13,18,20,31H,14-17,19H2,1H3,(H,32,37)(H,30,33,34). The van der Waals surface area contributed by atoms with Crippen molar-refractivity contribution in [3.63, 3.8) is 0 Å². The molecule has 0 atom stereocenters. The molecule has 0 saturated carbocycles. The summed E-state index contributed by atoms with van der Waals surface area (Å²) in [5.41, 5.74) is 8.35. The van der Waals surface area contributed by atoms with E-state index in [1.54, 1.807) is 18.6 Å². The predicted molar refractivity (Wildman–Crippen MR) is 145 cm³/mol. The van der Waals surface area contributed by atoms with Crippen molar-refractivity contribution in [1.82, 2.24) is 30.3 Å². The molecule has 1 saturated heterocycles. The van der Waals surface area contributed by atoms with Crippen molar-refractivity contribution in [3.05, 3.63) is 96.4 Å². The first-order valence-electron chi connectivity index (χ1n) is 12.3. The van der Waals surface area contributed by atoms with E-state index in [9.17, 15) is 4.79 Å². The summed E-state index contributed by atoms with van der Waals surface area (Å²) in [5.74, 6) is 0.302. The van der Waals surface area contributed by atoms with E-state index in [1.165, 1.54) is 0 Å². The van der Waals surface area contributed by atoms with Gasteiger partial charge in [0.05, 0.1) is 5.69 Å². The van der Waals surface area contributed by atoms with Gasteiger partial charge in [0, 0.05) is 73.8 Å². The second-order valence-corrected chi connectivity index (χ2v) is 8.99. The van der Waals surface area contributed by atoms with E-state index in [4.69, 9.17) is 0 Å². The van der Waals surface area contributed by atoms with E-state index in [0.29, 0.717) is 17.2 Å². The molecule has 5 rings (SSSR count). The number of likely N-dealkylation sites (N-methyl/N-ethyl adjacent to an activating group) is 1. The maximum Gasteiger partial charge on any atom is 0.255 e. The molecule has 0 bridgehead atoms. The average molecular weight is 495 g/mol. The van der Waals surface area contributed by atoms with Crippen molar-refractivity contribution in [2.24, 2.45) is 0 Å². The maximum absolute atomic E-state index is 12.8. The van der Waals surface area contributed by atoms with Gasteiger partial charge in [0.1, 0.15) is 0 Å². The van der Waals surface area contributed by atoms with Gasteiger partial charge < -0.3 is 15.5 Å². The molecule has 3 N–H and O–H groups in total. The number of carbonyl (C=O) groups excluding carboxylic acids is 1. The Kier molecular flexibility index (Phi) is 7.75. The highest BCUT2D eigenvalue weighted by Crippen LogP contribution is 2.21. The van der Waals surface area contributed by atoms with Gasteiger partial charge in [0.25, 0.3) is 5.91 Å². The van der Waals surface area contributed by atoms with Crippen molar-refractivity contribution in [1.29, 1.82) is 0 Å². The molecule has 1 aliphatic heterocycles. The summed E-state index contributed by atoms with van der Waals surface area (Å²) >= 11 is 0. The molecule has 4 aromatic rings. The van der Waals surface area contributed by atoms with Crippen LogP contribution in [0.25, 0.3) is 11.3 Å². The van der Waals surface area contributed by atoms with Gasteiger partial charge in [-0.3, -0.25) is 15.2 Å². The summed E-state index contributed by atoms with van der Waals surface area (Å²) in [6.45, 7) is 4.88. The van der Waals surface area contributed by atoms with E-state index < -0.39 is 0 Å². The van der Waals surface area contributed by atoms with Crippen LogP contribution in [-0.4, -0.2) is 64.0 Å². The lowest BCUT2D eigenvalue weighted by molar-refractivity contribution is 0.102. The number of rotatable bonds is 8. The van der Waals surface area contributed by atoms with Crippen LogP contribution in [0.5, 0.6) is 0 Å². The first-order valence-corrected chi connectivity index (χ1v) is 12.3. The lowest BCUT2D eigenvalue weighted by Crippen LogP contribution is -2.50. The van der Waals surface area contributed by atoms with Crippen LogP contribution in [0.1, 0.15) is 15.9 Å². The molecule has 0 spiro atoms. The fourth-order valence-electron chi connectivity index (χ4n) is 4.04. The molecule has 2 aromatic carbocycles. The smallest absolute Gasteiger partial charge is 0.255 e. The monoisotopic (exact) mass is 494 g/mol. The molecule has 37 heavy (non-hydrogen) atoms. The molecule has 3 heterocycles. The Balaban J connectivity index is 1.17. The summed E-state index contributed by atoms with van der Waals surface area (Å²) in [4.78, 5) is 28.2. The minimum absolute atomic E-state index is 0.162. The van der Waals surface area contributed by atoms with Gasteiger partial charge in [-0.1, -0.05) is 18.2 Å². The summed E-state index contributed by atoms with van der Waals surface area (Å²) in [7, 11) is 2.14. The Morgan fingerprint density at radius 2 is 1.73 bits per heavy atom. The van der Waals surface area contributed by atoms with Gasteiger partial charge in [-0.25, -0.2) is 15.0 Å². The van der Waals surface area contributed by atoms with E-state index >= 15 is 0 Å². The van der Waals surface area contributed by atoms with Crippen molar-refractivity contribution in [2.45, 2.75) is 6.54 Å². The van der Waals surface area contributed by atoms with Crippen LogP contribution >= 0.6 is 0 Å². The van der Waals surface area contributed by atoms with Gasteiger partial charge in [-0.05, 0) is 61.1 Å². The Morgan fingerprint density at radius 3 is 2.51 bits per heavy atom. The van der Waals surface area contributed by atoms with Crippen LogP contribution in [0.3, 0.4) is 0 Å². The second kappa shape index (κ2) is 11.7. The van der Waals surface area contributed by atoms with Crippen LogP contribution in [0.4, 0.5) is 17.3 Å². The van der Waals surface area contributed by atoms with Crippen LogP contribution in [-0.2, 0) is 6.54 Å². The highest BCUT2D eigenvalue weighted by atomic mass is 16.1. The zero-order valence-electron chi connectivity index (χ0n) is 20.8. The topological polar surface area (TPSA) is 98.3 Å². The minimum Gasteiger partial charge on any atom is -0.324 e. The molecule has 2 aromatic heterocycles. The quantitative estimate of drug-likeness (QED) is 0.340. The van der Waals surface area contributed by atoms with E-state index in [1.807, 2.05) is 66.7 Å². The van der Waals surface area contributed by atoms with Gasteiger partial charge in [-0.15, -0.1) is 0 Å². The third-order valence-corrected chi connectivity index (χ3v) is 6.22. The summed E-state index contributed by atoms with van der Waals surface area (Å²) in [6, 6.07) is 20.8. The minimum atomic E-state index is -0.162. The number of nitrogens with one attached hydrogen (secondary N) is 3. The van der Waals surface area contributed by atoms with Crippen LogP contribution in [0.2, 0.25) is 0 Å². The SMILES string of the molecule is CN1CCN(NCc2ccc(C(=O)Nc3cccc(Nc4nccc(-c5cccnc5)n4)c3)cc2)CC1. The van der Waals surface area contributed by atoms with Gasteiger partial charge in [0.15, 0.2) is 0 Å². The zero-order chi connectivity index (χ0) is 25.5. The molecule has 188 valence electrons. The number of amides is 1. The lowest BCUT2D eigenvalue weighted by Gasteiger charge is -2.32. The van der Waals surface area contributed by atoms with Gasteiger partial charge in [0.2, 0.25) is 5.95 Å². The molecule has 0 radical (unpaired) electrons. The van der Waals surface area contributed by atoms with Crippen molar-refractivity contribution in [2.75, 3.05) is 43.9 Å². The number of aromatic nitrogens is 3. The summed E-state index contributed by atoms with van der Waals surface area (Å²) in [5, 5.41) is 8.44.